The van der Waals surface area contributed by atoms with Crippen molar-refractivity contribution in [1.82, 2.24) is 4.90 Å². The second kappa shape index (κ2) is 11.8. The Kier molecular flexibility index (Phi) is 8.00. The number of allylic oxidation sites excluding steroid dienone is 2. The van der Waals surface area contributed by atoms with Crippen molar-refractivity contribution >= 4 is 85.5 Å². The van der Waals surface area contributed by atoms with Gasteiger partial charge in [-0.25, -0.2) is 0 Å². The predicted octanol–water partition coefficient (Wildman–Crippen LogP) is 6.79. The van der Waals surface area contributed by atoms with Crippen molar-refractivity contribution < 1.29 is 24.3 Å². The normalized spacial score (nSPS) is 29.6. The third-order valence-corrected chi connectivity index (χ3v) is 11.9. The number of likely N-dealkylation sites (tertiary alicyclic amines) is 1. The van der Waals surface area contributed by atoms with Crippen LogP contribution in [0.4, 0.5) is 22.7 Å². The number of aromatic hydroxyl groups is 1. The Labute approximate surface area is 295 Å². The maximum absolute atomic E-state index is 14.3. The summed E-state index contributed by atoms with van der Waals surface area (Å²) in [4.78, 5) is 56.2. The van der Waals surface area contributed by atoms with E-state index < -0.39 is 51.1 Å². The summed E-state index contributed by atoms with van der Waals surface area (Å²) in [5.74, 6) is -5.07. The zero-order valence-electron chi connectivity index (χ0n) is 25.9. The Morgan fingerprint density at radius 2 is 1.46 bits per heavy atom. The van der Waals surface area contributed by atoms with Crippen LogP contribution in [0.2, 0.25) is 0 Å². The molecule has 6 unspecified atom stereocenters. The second-order valence-corrected chi connectivity index (χ2v) is 14.5. The molecule has 2 aliphatic heterocycles. The summed E-state index contributed by atoms with van der Waals surface area (Å²) in [6.07, 6.45) is 2.02. The van der Waals surface area contributed by atoms with E-state index in [2.05, 4.69) is 26.2 Å². The van der Waals surface area contributed by atoms with E-state index in [-0.39, 0.29) is 30.0 Å². The van der Waals surface area contributed by atoms with Gasteiger partial charge in [0, 0.05) is 25.7 Å². The lowest BCUT2D eigenvalue weighted by molar-refractivity contribution is -0.138. The molecule has 48 heavy (non-hydrogen) atoms. The number of hydrogen-bond donors (Lipinski definition) is 1. The molecule has 3 fully saturated rings. The Hall–Kier alpha value is -4.06. The lowest BCUT2D eigenvalue weighted by atomic mass is 9.56. The van der Waals surface area contributed by atoms with Crippen molar-refractivity contribution in [2.45, 2.75) is 28.5 Å². The van der Waals surface area contributed by atoms with E-state index in [9.17, 15) is 24.3 Å². The number of carbonyl (C=O) groups is 4. The highest BCUT2D eigenvalue weighted by atomic mass is 79.9. The fraction of sp³-hybridized carbons (Fsp3) is 0.314. The molecule has 0 bridgehead atoms. The topological polar surface area (TPSA) is 123 Å². The molecule has 0 radical (unpaired) electrons. The van der Waals surface area contributed by atoms with Crippen LogP contribution in [0.5, 0.6) is 5.75 Å². The number of nitrogens with zero attached hydrogens (tertiary/aromatic N) is 5. The van der Waals surface area contributed by atoms with Crippen LogP contribution in [0.25, 0.3) is 0 Å². The van der Waals surface area contributed by atoms with Gasteiger partial charge in [0.2, 0.25) is 11.8 Å². The van der Waals surface area contributed by atoms with Crippen molar-refractivity contribution in [3.05, 3.63) is 90.0 Å². The summed E-state index contributed by atoms with van der Waals surface area (Å²) >= 11 is 17.7. The SMILES string of the molecule is CN(C)c1ccc(N=Nc2ccc(N3C(=O)C4CC=C5C(CC6(Cl)C(=O)N(CBr)C(=O)C6(Cl)C5c5ccc(O)cc5)C4C3=O)cc2)cc1. The largest absolute Gasteiger partial charge is 0.508 e. The maximum atomic E-state index is 14.3. The Bertz CT molecular complexity index is 1900. The Morgan fingerprint density at radius 1 is 0.854 bits per heavy atom. The number of benzene rings is 3. The number of imide groups is 2. The van der Waals surface area contributed by atoms with E-state index in [0.29, 0.717) is 28.2 Å². The highest BCUT2D eigenvalue weighted by Gasteiger charge is 2.76. The van der Waals surface area contributed by atoms with Gasteiger partial charge in [-0.1, -0.05) is 39.7 Å². The minimum atomic E-state index is -1.89. The monoisotopic (exact) mass is 749 g/mol. The van der Waals surface area contributed by atoms with Crippen LogP contribution in [0.15, 0.2) is 94.7 Å². The molecular formula is C35H30BrCl2N5O5. The van der Waals surface area contributed by atoms with Gasteiger partial charge >= 0.3 is 0 Å². The molecule has 3 aromatic carbocycles. The van der Waals surface area contributed by atoms with Gasteiger partial charge in [0.15, 0.2) is 9.75 Å². The summed E-state index contributed by atoms with van der Waals surface area (Å²) in [6.45, 7) is 0. The van der Waals surface area contributed by atoms with Gasteiger partial charge < -0.3 is 10.0 Å². The number of phenolic OH excluding ortho intramolecular Hbond substituents is 1. The second-order valence-electron chi connectivity index (χ2n) is 12.7. The van der Waals surface area contributed by atoms with Gasteiger partial charge in [-0.3, -0.25) is 29.0 Å². The molecule has 6 atom stereocenters. The molecule has 7 rings (SSSR count). The standard InChI is InChI=1S/C35H30BrCl2N5O5/c1-41(2)22-9-5-20(6-10-22)39-40-21-7-11-23(12-8-21)43-30(45)26-16-15-25-27(28(26)31(43)46)17-34(37)32(47)42(18-36)33(48)35(34,38)29(25)19-3-13-24(44)14-4-19/h3-15,26-29,44H,16-18H2,1-2H3. The number of fused-ring (bicyclic) bond motifs is 4. The molecule has 1 saturated carbocycles. The lowest BCUT2D eigenvalue weighted by Crippen LogP contribution is -2.60. The number of azo groups is 1. The first-order valence-electron chi connectivity index (χ1n) is 15.4. The number of phenols is 1. The third-order valence-electron chi connectivity index (χ3n) is 10.00. The Balaban J connectivity index is 1.21. The van der Waals surface area contributed by atoms with Crippen molar-refractivity contribution in [2.24, 2.45) is 28.0 Å². The van der Waals surface area contributed by atoms with Crippen LogP contribution in [0, 0.1) is 17.8 Å². The summed E-state index contributed by atoms with van der Waals surface area (Å²) < 4.78 is 0. The third kappa shape index (κ3) is 4.73. The molecule has 0 spiro atoms. The van der Waals surface area contributed by atoms with Crippen LogP contribution in [0.3, 0.4) is 0 Å². The van der Waals surface area contributed by atoms with E-state index in [0.717, 1.165) is 10.6 Å². The molecule has 1 N–H and O–H groups in total. The zero-order chi connectivity index (χ0) is 34.1. The van der Waals surface area contributed by atoms with E-state index in [1.54, 1.807) is 36.4 Å². The van der Waals surface area contributed by atoms with Gasteiger partial charge in [0.05, 0.1) is 34.4 Å². The fourth-order valence-electron chi connectivity index (χ4n) is 7.65. The molecule has 2 saturated heterocycles. The highest BCUT2D eigenvalue weighted by molar-refractivity contribution is 9.09. The molecule has 4 aliphatic rings. The number of anilines is 2. The lowest BCUT2D eigenvalue weighted by Gasteiger charge is -2.50. The van der Waals surface area contributed by atoms with Crippen LogP contribution in [0.1, 0.15) is 24.3 Å². The van der Waals surface area contributed by atoms with Crippen molar-refractivity contribution in [3.63, 3.8) is 0 Å². The van der Waals surface area contributed by atoms with Crippen LogP contribution in [-0.2, 0) is 19.2 Å². The molecule has 2 heterocycles. The number of rotatable bonds is 6. The number of halogens is 3. The first-order chi connectivity index (χ1) is 22.9. The smallest absolute Gasteiger partial charge is 0.254 e. The van der Waals surface area contributed by atoms with Crippen molar-refractivity contribution in [1.29, 1.82) is 0 Å². The highest BCUT2D eigenvalue weighted by Crippen LogP contribution is 2.65. The molecule has 3 aromatic rings. The first-order valence-corrected chi connectivity index (χ1v) is 17.2. The number of carbonyl (C=O) groups excluding carboxylic acids is 4. The number of hydrogen-bond acceptors (Lipinski definition) is 8. The average Bonchev–Trinajstić information content (AvgIpc) is 3.42. The minimum Gasteiger partial charge on any atom is -0.508 e. The van der Waals surface area contributed by atoms with Gasteiger partial charge in [0.25, 0.3) is 11.8 Å². The molecule has 10 nitrogen and oxygen atoms in total. The van der Waals surface area contributed by atoms with Crippen LogP contribution >= 0.6 is 39.1 Å². The fourth-order valence-corrected chi connectivity index (χ4v) is 9.08. The predicted molar refractivity (Wildman–Crippen MR) is 185 cm³/mol. The summed E-state index contributed by atoms with van der Waals surface area (Å²) in [6, 6.07) is 20.5. The van der Waals surface area contributed by atoms with E-state index in [4.69, 9.17) is 23.2 Å². The maximum Gasteiger partial charge on any atom is 0.254 e. The van der Waals surface area contributed by atoms with Gasteiger partial charge in [0.1, 0.15) is 5.75 Å². The number of amides is 4. The Morgan fingerprint density at radius 3 is 2.04 bits per heavy atom. The van der Waals surface area contributed by atoms with E-state index in [1.807, 2.05) is 49.3 Å². The molecule has 246 valence electrons. The number of alkyl halides is 3. The van der Waals surface area contributed by atoms with Crippen LogP contribution in [-0.4, -0.2) is 62.9 Å². The van der Waals surface area contributed by atoms with Gasteiger partial charge in [-0.15, -0.1) is 23.2 Å². The average molecular weight is 751 g/mol. The minimum absolute atomic E-state index is 0.0128. The van der Waals surface area contributed by atoms with Gasteiger partial charge in [-0.2, -0.15) is 10.2 Å². The van der Waals surface area contributed by atoms with Crippen molar-refractivity contribution in [2.75, 3.05) is 29.3 Å². The molecular weight excluding hydrogens is 721 g/mol. The zero-order valence-corrected chi connectivity index (χ0v) is 29.0. The molecule has 0 aromatic heterocycles. The van der Waals surface area contributed by atoms with E-state index >= 15 is 0 Å². The van der Waals surface area contributed by atoms with Crippen molar-refractivity contribution in [3.8, 4) is 5.75 Å². The molecule has 4 amide bonds. The first kappa shape index (κ1) is 32.5. The van der Waals surface area contributed by atoms with Gasteiger partial charge in [-0.05, 0) is 85.0 Å². The van der Waals surface area contributed by atoms with E-state index in [1.165, 1.54) is 17.0 Å². The molecule has 2 aliphatic carbocycles. The van der Waals surface area contributed by atoms with Crippen LogP contribution < -0.4 is 9.80 Å². The summed E-state index contributed by atoms with van der Waals surface area (Å²) in [5.41, 5.74) is 3.80. The summed E-state index contributed by atoms with van der Waals surface area (Å²) in [7, 11) is 3.91. The summed E-state index contributed by atoms with van der Waals surface area (Å²) in [5, 5.41) is 18.6. The quantitative estimate of drug-likeness (QED) is 0.0974. The molecule has 13 heteroatoms.